The van der Waals surface area contributed by atoms with Crippen molar-refractivity contribution in [2.24, 2.45) is 0 Å². The van der Waals surface area contributed by atoms with Gasteiger partial charge in [0.15, 0.2) is 0 Å². The van der Waals surface area contributed by atoms with Gasteiger partial charge in [-0.3, -0.25) is 0 Å². The Kier molecular flexibility index (Phi) is 8.81. The van der Waals surface area contributed by atoms with Crippen LogP contribution >= 0.6 is 22.6 Å². The number of unbranched alkanes of at least 4 members (excludes halogenated alkanes) is 4. The predicted molar refractivity (Wildman–Crippen MR) is 83.3 cm³/mol. The van der Waals surface area contributed by atoms with Crippen LogP contribution < -0.4 is 0 Å². The largest absolute Gasteiger partial charge is 0.0854 e. The van der Waals surface area contributed by atoms with E-state index in [1.54, 1.807) is 3.20 Å². The zero-order chi connectivity index (χ0) is 11.7. The van der Waals surface area contributed by atoms with Crippen molar-refractivity contribution >= 4 is 30.7 Å². The Morgan fingerprint density at radius 1 is 1.13 bits per heavy atom. The zero-order valence-electron chi connectivity index (χ0n) is 10.6. The summed E-state index contributed by atoms with van der Waals surface area (Å²) in [4.78, 5) is 0. The molecule has 0 amide bonds. The third-order valence-electron chi connectivity index (χ3n) is 2.32. The average Bonchev–Trinajstić information content (AvgIpc) is 2.14. The van der Waals surface area contributed by atoms with E-state index in [1.165, 1.54) is 32.1 Å². The van der Waals surface area contributed by atoms with Crippen LogP contribution in [0.1, 0.15) is 39.0 Å². The second-order valence-electron chi connectivity index (χ2n) is 5.04. The fourth-order valence-electron chi connectivity index (χ4n) is 1.19. The van der Waals surface area contributed by atoms with Crippen LogP contribution in [0, 0.1) is 0 Å². The number of halogens is 1. The molecule has 0 spiro atoms. The summed E-state index contributed by atoms with van der Waals surface area (Å²) in [5.74, 6) is 0. The fraction of sp³-hybridized carbons (Fsp3) is 0.692. The molecule has 0 rings (SSSR count). The fourth-order valence-corrected chi connectivity index (χ4v) is 1.99. The molecule has 0 atom stereocenters. The summed E-state index contributed by atoms with van der Waals surface area (Å²) >= 11 is 2.49. The van der Waals surface area contributed by atoms with Crippen molar-refractivity contribution in [1.29, 1.82) is 0 Å². The smallest absolute Gasteiger partial charge is 0.0845 e. The summed E-state index contributed by atoms with van der Waals surface area (Å²) in [6.45, 7) is 9.43. The number of hydrogen-bond donors (Lipinski definition) is 0. The maximum atomic E-state index is 2.49. The van der Waals surface area contributed by atoms with Crippen LogP contribution in [-0.2, 0) is 0 Å². The molecule has 0 nitrogen and oxygen atoms in total. The Bertz CT molecular complexity index is 211. The summed E-state index contributed by atoms with van der Waals surface area (Å²) in [6, 6.07) is 0. The minimum atomic E-state index is -1.05. The molecule has 0 aromatic heterocycles. The molecule has 0 saturated heterocycles. The molecule has 0 heterocycles. The molecule has 0 saturated carbocycles. The zero-order valence-corrected chi connectivity index (χ0v) is 13.8. The van der Waals surface area contributed by atoms with Crippen LogP contribution in [0.15, 0.2) is 21.4 Å². The first-order valence-electron chi connectivity index (χ1n) is 6.01. The van der Waals surface area contributed by atoms with Gasteiger partial charge in [-0.25, -0.2) is 0 Å². The molecule has 0 aliphatic rings. The molecule has 0 aliphatic heterocycles. The standard InChI is InChI=1S/C13H25ISi/c1-5-6-7-8-9-10-11-12-13(14)15(2,3)4/h10-12H,5-9H2,1-4H3/b11-10+,13-12-. The van der Waals surface area contributed by atoms with Crippen LogP contribution in [0.4, 0.5) is 0 Å². The van der Waals surface area contributed by atoms with Gasteiger partial charge in [-0.1, -0.05) is 86.6 Å². The maximum Gasteiger partial charge on any atom is 0.0854 e. The lowest BCUT2D eigenvalue weighted by molar-refractivity contribution is 0.674. The van der Waals surface area contributed by atoms with Crippen molar-refractivity contribution in [3.63, 3.8) is 0 Å². The molecule has 0 fully saturated rings. The van der Waals surface area contributed by atoms with Crippen molar-refractivity contribution in [2.45, 2.75) is 58.7 Å². The molecule has 0 aromatic carbocycles. The lowest BCUT2D eigenvalue weighted by atomic mass is 10.1. The number of rotatable bonds is 7. The van der Waals surface area contributed by atoms with Crippen molar-refractivity contribution in [2.75, 3.05) is 0 Å². The van der Waals surface area contributed by atoms with Gasteiger partial charge in [0.1, 0.15) is 0 Å². The molecular weight excluding hydrogens is 311 g/mol. The first-order valence-corrected chi connectivity index (χ1v) is 10.6. The van der Waals surface area contributed by atoms with E-state index in [-0.39, 0.29) is 0 Å². The summed E-state index contributed by atoms with van der Waals surface area (Å²) in [5.41, 5.74) is 0. The molecule has 2 heteroatoms. The normalized spacial score (nSPS) is 13.8. The lowest BCUT2D eigenvalue weighted by Crippen LogP contribution is -2.19. The topological polar surface area (TPSA) is 0 Å². The van der Waals surface area contributed by atoms with Crippen LogP contribution in [0.3, 0.4) is 0 Å². The monoisotopic (exact) mass is 336 g/mol. The molecule has 0 aromatic rings. The number of hydrogen-bond acceptors (Lipinski definition) is 0. The third-order valence-corrected chi connectivity index (χ3v) is 9.13. The highest BCUT2D eigenvalue weighted by atomic mass is 127. The van der Waals surface area contributed by atoms with E-state index < -0.39 is 8.07 Å². The van der Waals surface area contributed by atoms with E-state index in [4.69, 9.17) is 0 Å². The lowest BCUT2D eigenvalue weighted by Gasteiger charge is -2.13. The summed E-state index contributed by atoms with van der Waals surface area (Å²) in [6.07, 6.45) is 13.5. The van der Waals surface area contributed by atoms with E-state index >= 15 is 0 Å². The third kappa shape index (κ3) is 9.36. The molecule has 88 valence electrons. The van der Waals surface area contributed by atoms with Gasteiger partial charge >= 0.3 is 0 Å². The van der Waals surface area contributed by atoms with Crippen LogP contribution in [0.25, 0.3) is 0 Å². The minimum absolute atomic E-state index is 1.05. The van der Waals surface area contributed by atoms with Crippen molar-refractivity contribution < 1.29 is 0 Å². The SMILES string of the molecule is CCCCCC/C=C/C=C(/I)[Si](C)(C)C. The summed E-state index contributed by atoms with van der Waals surface area (Å²) < 4.78 is 1.56. The molecular formula is C13H25ISi. The second-order valence-corrected chi connectivity index (χ2v) is 12.3. The van der Waals surface area contributed by atoms with Gasteiger partial charge in [0.2, 0.25) is 0 Å². The summed E-state index contributed by atoms with van der Waals surface area (Å²) in [5, 5.41) is 0. The van der Waals surface area contributed by atoms with Gasteiger partial charge in [-0.2, -0.15) is 0 Å². The van der Waals surface area contributed by atoms with Gasteiger partial charge in [0, 0.05) is 0 Å². The highest BCUT2D eigenvalue weighted by Crippen LogP contribution is 2.21. The molecule has 0 bridgehead atoms. The highest BCUT2D eigenvalue weighted by molar-refractivity contribution is 14.1. The van der Waals surface area contributed by atoms with Crippen LogP contribution in [0.5, 0.6) is 0 Å². The van der Waals surface area contributed by atoms with Gasteiger partial charge in [0.05, 0.1) is 8.07 Å². The Balaban J connectivity index is 3.70. The van der Waals surface area contributed by atoms with E-state index in [9.17, 15) is 0 Å². The summed E-state index contributed by atoms with van der Waals surface area (Å²) in [7, 11) is -1.05. The average molecular weight is 336 g/mol. The molecule has 0 N–H and O–H groups in total. The Hall–Kier alpha value is 0.427. The first kappa shape index (κ1) is 15.4. The quantitative estimate of drug-likeness (QED) is 0.242. The molecule has 0 unspecified atom stereocenters. The van der Waals surface area contributed by atoms with E-state index in [1.807, 2.05) is 0 Å². The van der Waals surface area contributed by atoms with Crippen molar-refractivity contribution in [1.82, 2.24) is 0 Å². The predicted octanol–water partition coefficient (Wildman–Crippen LogP) is 5.71. The number of allylic oxidation sites excluding steroid dienone is 3. The highest BCUT2D eigenvalue weighted by Gasteiger charge is 2.15. The van der Waals surface area contributed by atoms with Crippen LogP contribution in [-0.4, -0.2) is 8.07 Å². The van der Waals surface area contributed by atoms with Crippen LogP contribution in [0.2, 0.25) is 19.6 Å². The van der Waals surface area contributed by atoms with Gasteiger partial charge in [-0.15, -0.1) is 0 Å². The van der Waals surface area contributed by atoms with Crippen molar-refractivity contribution in [3.8, 4) is 0 Å². The van der Waals surface area contributed by atoms with Gasteiger partial charge in [-0.05, 0) is 16.0 Å². The van der Waals surface area contributed by atoms with E-state index in [0.717, 1.165) is 0 Å². The Labute approximate surface area is 110 Å². The molecule has 0 aliphatic carbocycles. The van der Waals surface area contributed by atoms with Crippen molar-refractivity contribution in [3.05, 3.63) is 21.4 Å². The molecule has 15 heavy (non-hydrogen) atoms. The first-order chi connectivity index (χ1) is 6.98. The molecule has 0 radical (unpaired) electrons. The van der Waals surface area contributed by atoms with Gasteiger partial charge < -0.3 is 0 Å². The van der Waals surface area contributed by atoms with Gasteiger partial charge in [0.25, 0.3) is 0 Å². The van der Waals surface area contributed by atoms with E-state index in [0.29, 0.717) is 0 Å². The Morgan fingerprint density at radius 3 is 2.33 bits per heavy atom. The maximum absolute atomic E-state index is 2.49. The minimum Gasteiger partial charge on any atom is -0.0845 e. The Morgan fingerprint density at radius 2 is 1.80 bits per heavy atom. The van der Waals surface area contributed by atoms with E-state index in [2.05, 4.69) is 67.4 Å². The second kappa shape index (κ2) is 8.56.